The Kier molecular flexibility index (Phi) is 3.20. The highest BCUT2D eigenvalue weighted by Crippen LogP contribution is 2.33. The summed E-state index contributed by atoms with van der Waals surface area (Å²) in [5.41, 5.74) is 2.45. The average molecular weight is 224 g/mol. The molecule has 1 nitrogen and oxygen atoms in total. The summed E-state index contributed by atoms with van der Waals surface area (Å²) in [5, 5.41) is 4.33. The van der Waals surface area contributed by atoms with E-state index >= 15 is 0 Å². The van der Waals surface area contributed by atoms with Gasteiger partial charge in [-0.1, -0.05) is 24.9 Å². The Labute approximate surface area is 96.8 Å². The zero-order chi connectivity index (χ0) is 10.8. The normalized spacial score (nSPS) is 24.7. The van der Waals surface area contributed by atoms with Crippen molar-refractivity contribution in [3.05, 3.63) is 28.8 Å². The molecule has 2 rings (SSSR count). The molecule has 15 heavy (non-hydrogen) atoms. The Morgan fingerprint density at radius 3 is 2.73 bits per heavy atom. The topological polar surface area (TPSA) is 12.0 Å². The Balaban J connectivity index is 1.93. The molecular weight excluding hydrogens is 206 g/mol. The molecule has 1 aromatic rings. The number of rotatable bonds is 3. The lowest BCUT2D eigenvalue weighted by Crippen LogP contribution is -2.29. The van der Waals surface area contributed by atoms with Gasteiger partial charge in [-0.05, 0) is 48.9 Å². The van der Waals surface area contributed by atoms with Gasteiger partial charge in [-0.15, -0.1) is 0 Å². The molecule has 1 aliphatic rings. The fourth-order valence-electron chi connectivity index (χ4n) is 2.11. The summed E-state index contributed by atoms with van der Waals surface area (Å²) >= 11 is 5.91. The lowest BCUT2D eigenvalue weighted by molar-refractivity contribution is 0.210. The molecule has 0 spiro atoms. The molecule has 1 aliphatic carbocycles. The van der Waals surface area contributed by atoms with Crippen molar-refractivity contribution in [3.8, 4) is 0 Å². The van der Waals surface area contributed by atoms with E-state index in [-0.39, 0.29) is 0 Å². The molecule has 1 fully saturated rings. The van der Waals surface area contributed by atoms with Crippen molar-refractivity contribution < 1.29 is 0 Å². The second kappa shape index (κ2) is 4.44. The molecule has 1 N–H and O–H groups in total. The second-order valence-electron chi connectivity index (χ2n) is 4.65. The van der Waals surface area contributed by atoms with E-state index in [4.69, 9.17) is 11.6 Å². The fraction of sp³-hybridized carbons (Fsp3) is 0.538. The van der Waals surface area contributed by atoms with Gasteiger partial charge in [0.1, 0.15) is 0 Å². The van der Waals surface area contributed by atoms with E-state index in [1.54, 1.807) is 0 Å². The molecule has 0 aromatic heterocycles. The van der Waals surface area contributed by atoms with Crippen LogP contribution in [-0.2, 0) is 0 Å². The predicted octanol–water partition coefficient (Wildman–Crippen LogP) is 4.11. The lowest BCUT2D eigenvalue weighted by Gasteiger charge is -2.34. The van der Waals surface area contributed by atoms with Crippen molar-refractivity contribution in [1.82, 2.24) is 0 Å². The van der Waals surface area contributed by atoms with Crippen LogP contribution in [0.15, 0.2) is 18.2 Å². The Hall–Kier alpha value is -0.690. The summed E-state index contributed by atoms with van der Waals surface area (Å²) in [4.78, 5) is 0. The van der Waals surface area contributed by atoms with Crippen LogP contribution in [0.1, 0.15) is 25.3 Å². The maximum absolute atomic E-state index is 5.91. The van der Waals surface area contributed by atoms with Crippen molar-refractivity contribution in [3.63, 3.8) is 0 Å². The summed E-state index contributed by atoms with van der Waals surface area (Å²) in [6.07, 6.45) is 2.77. The van der Waals surface area contributed by atoms with Crippen LogP contribution in [-0.4, -0.2) is 6.54 Å². The van der Waals surface area contributed by atoms with Crippen molar-refractivity contribution in [2.45, 2.75) is 26.7 Å². The average Bonchev–Trinajstić information content (AvgIpc) is 2.19. The third kappa shape index (κ3) is 2.46. The first-order chi connectivity index (χ1) is 7.16. The number of aryl methyl sites for hydroxylation is 1. The second-order valence-corrected chi connectivity index (χ2v) is 5.09. The molecule has 1 aromatic carbocycles. The van der Waals surface area contributed by atoms with Gasteiger partial charge in [-0.2, -0.15) is 0 Å². The van der Waals surface area contributed by atoms with Crippen LogP contribution in [0.25, 0.3) is 0 Å². The van der Waals surface area contributed by atoms with Crippen molar-refractivity contribution >= 4 is 17.3 Å². The highest BCUT2D eigenvalue weighted by Gasteiger charge is 2.26. The third-order valence-electron chi connectivity index (χ3n) is 3.54. The summed E-state index contributed by atoms with van der Waals surface area (Å²) in [6, 6.07) is 6.02. The van der Waals surface area contributed by atoms with Crippen LogP contribution >= 0.6 is 11.6 Å². The van der Waals surface area contributed by atoms with Gasteiger partial charge in [0, 0.05) is 17.3 Å². The van der Waals surface area contributed by atoms with Gasteiger partial charge in [-0.3, -0.25) is 0 Å². The molecule has 2 heteroatoms. The molecule has 0 unspecified atom stereocenters. The highest BCUT2D eigenvalue weighted by molar-refractivity contribution is 6.30. The molecule has 82 valence electrons. The van der Waals surface area contributed by atoms with E-state index in [2.05, 4.69) is 25.2 Å². The minimum atomic E-state index is 0.815. The molecule has 0 amide bonds. The summed E-state index contributed by atoms with van der Waals surface area (Å²) in [6.45, 7) is 5.53. The first kappa shape index (κ1) is 10.8. The SMILES string of the molecule is Cc1cc(Cl)ccc1NC[C@H]1CC[C@H]1C. The summed E-state index contributed by atoms with van der Waals surface area (Å²) in [5.74, 6) is 1.75. The van der Waals surface area contributed by atoms with Crippen LogP contribution in [0.3, 0.4) is 0 Å². The predicted molar refractivity (Wildman–Crippen MR) is 66.6 cm³/mol. The lowest BCUT2D eigenvalue weighted by atomic mass is 9.75. The van der Waals surface area contributed by atoms with Gasteiger partial charge in [0.2, 0.25) is 0 Å². The smallest absolute Gasteiger partial charge is 0.0410 e. The van der Waals surface area contributed by atoms with E-state index in [1.165, 1.54) is 24.1 Å². The van der Waals surface area contributed by atoms with E-state index < -0.39 is 0 Å². The van der Waals surface area contributed by atoms with Crippen LogP contribution in [0.4, 0.5) is 5.69 Å². The molecule has 0 saturated heterocycles. The largest absolute Gasteiger partial charge is 0.385 e. The van der Waals surface area contributed by atoms with Crippen molar-refractivity contribution in [2.75, 3.05) is 11.9 Å². The number of anilines is 1. The molecule has 2 atom stereocenters. The molecule has 1 saturated carbocycles. The highest BCUT2D eigenvalue weighted by atomic mass is 35.5. The zero-order valence-electron chi connectivity index (χ0n) is 9.39. The fourth-order valence-corrected chi connectivity index (χ4v) is 2.33. The van der Waals surface area contributed by atoms with Gasteiger partial charge < -0.3 is 5.32 Å². The quantitative estimate of drug-likeness (QED) is 0.814. The molecule has 0 radical (unpaired) electrons. The summed E-state index contributed by atoms with van der Waals surface area (Å²) < 4.78 is 0. The molecule has 0 heterocycles. The number of hydrogen-bond acceptors (Lipinski definition) is 1. The maximum Gasteiger partial charge on any atom is 0.0410 e. The Bertz CT molecular complexity index is 348. The van der Waals surface area contributed by atoms with E-state index in [1.807, 2.05) is 12.1 Å². The van der Waals surface area contributed by atoms with Crippen molar-refractivity contribution in [1.29, 1.82) is 0 Å². The molecular formula is C13H18ClN. The number of halogens is 1. The maximum atomic E-state index is 5.91. The van der Waals surface area contributed by atoms with Crippen LogP contribution in [0.2, 0.25) is 5.02 Å². The first-order valence-electron chi connectivity index (χ1n) is 5.67. The molecule has 0 aliphatic heterocycles. The van der Waals surface area contributed by atoms with E-state index in [0.29, 0.717) is 0 Å². The van der Waals surface area contributed by atoms with E-state index in [9.17, 15) is 0 Å². The first-order valence-corrected chi connectivity index (χ1v) is 6.04. The Morgan fingerprint density at radius 2 is 2.20 bits per heavy atom. The monoisotopic (exact) mass is 223 g/mol. The number of hydrogen-bond donors (Lipinski definition) is 1. The van der Waals surface area contributed by atoms with Crippen LogP contribution in [0.5, 0.6) is 0 Å². The minimum absolute atomic E-state index is 0.815. The molecule has 0 bridgehead atoms. The van der Waals surface area contributed by atoms with Gasteiger partial charge >= 0.3 is 0 Å². The van der Waals surface area contributed by atoms with Gasteiger partial charge in [0.05, 0.1) is 0 Å². The van der Waals surface area contributed by atoms with Crippen LogP contribution in [0, 0.1) is 18.8 Å². The minimum Gasteiger partial charge on any atom is -0.385 e. The zero-order valence-corrected chi connectivity index (χ0v) is 10.1. The summed E-state index contributed by atoms with van der Waals surface area (Å²) in [7, 11) is 0. The van der Waals surface area contributed by atoms with Crippen molar-refractivity contribution in [2.24, 2.45) is 11.8 Å². The number of nitrogens with one attached hydrogen (secondary N) is 1. The van der Waals surface area contributed by atoms with Gasteiger partial charge in [0.25, 0.3) is 0 Å². The van der Waals surface area contributed by atoms with Gasteiger partial charge in [-0.25, -0.2) is 0 Å². The number of benzene rings is 1. The third-order valence-corrected chi connectivity index (χ3v) is 3.78. The Morgan fingerprint density at radius 1 is 1.40 bits per heavy atom. The standard InChI is InChI=1S/C13H18ClN/c1-9-3-4-11(9)8-15-13-6-5-12(14)7-10(13)2/h5-7,9,11,15H,3-4,8H2,1-2H3/t9-,11-/m1/s1. The van der Waals surface area contributed by atoms with Gasteiger partial charge in [0.15, 0.2) is 0 Å². The van der Waals surface area contributed by atoms with Crippen LogP contribution < -0.4 is 5.32 Å². The van der Waals surface area contributed by atoms with E-state index in [0.717, 1.165) is 23.4 Å².